The second kappa shape index (κ2) is 11.0. The van der Waals surface area contributed by atoms with E-state index in [1.165, 1.54) is 9.47 Å². The monoisotopic (exact) mass is 567 g/mol. The zero-order chi connectivity index (χ0) is 28.5. The van der Waals surface area contributed by atoms with Crippen molar-refractivity contribution in [2.75, 3.05) is 10.6 Å². The molecule has 3 N–H and O–H groups in total. The Kier molecular flexibility index (Phi) is 7.85. The molecule has 39 heavy (non-hydrogen) atoms. The van der Waals surface area contributed by atoms with Crippen molar-refractivity contribution in [1.82, 2.24) is 14.5 Å². The number of para-hydroxylation sites is 1. The van der Waals surface area contributed by atoms with E-state index < -0.39 is 29.3 Å². The van der Waals surface area contributed by atoms with Gasteiger partial charge in [0.1, 0.15) is 5.82 Å². The standard InChI is InChI=1S/C28H27Cl2N5O4/c1-16(35(27(38)39)28(2,3)4)24-32-22-14-8-12-20(30)23(22)25(36)34(24)18-10-7-9-17(15-18)31-26(37)33-21-13-6-5-11-19(21)29/h5-16H,1-4H3,(H,38,39)(H2,31,33,37)/t16-/m0/s1. The lowest BCUT2D eigenvalue weighted by molar-refractivity contribution is 0.0719. The van der Waals surface area contributed by atoms with E-state index in [0.717, 1.165) is 0 Å². The van der Waals surface area contributed by atoms with Gasteiger partial charge in [0.25, 0.3) is 5.56 Å². The number of amides is 3. The fourth-order valence-electron chi connectivity index (χ4n) is 4.46. The molecule has 0 radical (unpaired) electrons. The molecule has 0 saturated heterocycles. The second-order valence-corrected chi connectivity index (χ2v) is 10.7. The molecule has 0 bridgehead atoms. The predicted molar refractivity (Wildman–Crippen MR) is 154 cm³/mol. The summed E-state index contributed by atoms with van der Waals surface area (Å²) in [7, 11) is 0. The molecule has 11 heteroatoms. The van der Waals surface area contributed by atoms with Crippen LogP contribution in [-0.2, 0) is 0 Å². The van der Waals surface area contributed by atoms with Gasteiger partial charge in [0.15, 0.2) is 0 Å². The van der Waals surface area contributed by atoms with E-state index in [9.17, 15) is 19.5 Å². The number of nitrogens with one attached hydrogen (secondary N) is 2. The summed E-state index contributed by atoms with van der Waals surface area (Å²) in [5.41, 5.74) is 0.267. The Morgan fingerprint density at radius 3 is 2.31 bits per heavy atom. The highest BCUT2D eigenvalue weighted by Gasteiger charge is 2.34. The van der Waals surface area contributed by atoms with Gasteiger partial charge in [-0.25, -0.2) is 14.6 Å². The number of fused-ring (bicyclic) bond motifs is 1. The van der Waals surface area contributed by atoms with Gasteiger partial charge in [-0.1, -0.05) is 47.5 Å². The van der Waals surface area contributed by atoms with Crippen molar-refractivity contribution in [3.05, 3.63) is 93.0 Å². The molecule has 0 unspecified atom stereocenters. The van der Waals surface area contributed by atoms with Crippen molar-refractivity contribution in [1.29, 1.82) is 0 Å². The van der Waals surface area contributed by atoms with Crippen LogP contribution in [0, 0.1) is 0 Å². The molecule has 0 aliphatic carbocycles. The van der Waals surface area contributed by atoms with Crippen molar-refractivity contribution >= 4 is 57.6 Å². The average Bonchev–Trinajstić information content (AvgIpc) is 2.84. The van der Waals surface area contributed by atoms with Crippen molar-refractivity contribution < 1.29 is 14.7 Å². The van der Waals surface area contributed by atoms with Gasteiger partial charge in [-0.05, 0) is 70.2 Å². The van der Waals surface area contributed by atoms with Crippen molar-refractivity contribution in [3.63, 3.8) is 0 Å². The van der Waals surface area contributed by atoms with Gasteiger partial charge in [-0.2, -0.15) is 0 Å². The third-order valence-corrected chi connectivity index (χ3v) is 6.69. The molecule has 0 spiro atoms. The van der Waals surface area contributed by atoms with Crippen LogP contribution in [0.4, 0.5) is 21.0 Å². The molecular formula is C28H27Cl2N5O4. The van der Waals surface area contributed by atoms with E-state index in [1.807, 2.05) is 0 Å². The van der Waals surface area contributed by atoms with E-state index >= 15 is 0 Å². The van der Waals surface area contributed by atoms with Gasteiger partial charge in [-0.3, -0.25) is 14.3 Å². The first kappa shape index (κ1) is 27.9. The molecule has 0 fully saturated rings. The zero-order valence-electron chi connectivity index (χ0n) is 21.7. The first-order valence-corrected chi connectivity index (χ1v) is 12.8. The van der Waals surface area contributed by atoms with Crippen molar-refractivity contribution in [2.24, 2.45) is 0 Å². The molecule has 0 aliphatic heterocycles. The van der Waals surface area contributed by atoms with E-state index in [2.05, 4.69) is 10.6 Å². The highest BCUT2D eigenvalue weighted by molar-refractivity contribution is 6.35. The molecule has 9 nitrogen and oxygen atoms in total. The summed E-state index contributed by atoms with van der Waals surface area (Å²) < 4.78 is 1.33. The maximum Gasteiger partial charge on any atom is 0.408 e. The fourth-order valence-corrected chi connectivity index (χ4v) is 4.89. The number of aromatic nitrogens is 2. The Balaban J connectivity index is 1.83. The smallest absolute Gasteiger partial charge is 0.408 e. The molecule has 202 valence electrons. The lowest BCUT2D eigenvalue weighted by Crippen LogP contribution is -2.47. The molecule has 0 aliphatic rings. The first-order chi connectivity index (χ1) is 18.4. The van der Waals surface area contributed by atoms with E-state index in [1.54, 1.807) is 94.4 Å². The summed E-state index contributed by atoms with van der Waals surface area (Å²) >= 11 is 12.5. The van der Waals surface area contributed by atoms with Crippen LogP contribution in [0.3, 0.4) is 0 Å². The minimum Gasteiger partial charge on any atom is -0.465 e. The molecule has 3 amide bonds. The van der Waals surface area contributed by atoms with Crippen molar-refractivity contribution in [3.8, 4) is 5.69 Å². The van der Waals surface area contributed by atoms with Gasteiger partial charge in [0.2, 0.25) is 0 Å². The van der Waals surface area contributed by atoms with E-state index in [0.29, 0.717) is 27.6 Å². The number of nitrogens with zero attached hydrogens (tertiary/aromatic N) is 3. The second-order valence-electron chi connectivity index (χ2n) is 9.85. The van der Waals surface area contributed by atoms with Crippen molar-refractivity contribution in [2.45, 2.75) is 39.3 Å². The Labute approximate surface area is 235 Å². The third kappa shape index (κ3) is 5.84. The minimum atomic E-state index is -1.16. The highest BCUT2D eigenvalue weighted by atomic mass is 35.5. The number of rotatable bonds is 5. The fraction of sp³-hybridized carbons (Fsp3) is 0.214. The molecule has 1 heterocycles. The van der Waals surface area contributed by atoms with Crippen LogP contribution < -0.4 is 16.2 Å². The third-order valence-electron chi connectivity index (χ3n) is 6.05. The molecule has 1 aromatic heterocycles. The van der Waals surface area contributed by atoms with Crippen LogP contribution >= 0.6 is 23.2 Å². The summed E-state index contributed by atoms with van der Waals surface area (Å²) in [4.78, 5) is 44.8. The van der Waals surface area contributed by atoms with Gasteiger partial charge in [0, 0.05) is 11.2 Å². The lowest BCUT2D eigenvalue weighted by atomic mass is 10.0. The van der Waals surface area contributed by atoms with Gasteiger partial charge < -0.3 is 15.7 Å². The molecule has 3 aromatic carbocycles. The summed E-state index contributed by atoms with van der Waals surface area (Å²) in [5.74, 6) is 0.199. The number of halogens is 2. The maximum atomic E-state index is 13.9. The lowest BCUT2D eigenvalue weighted by Gasteiger charge is -2.38. The van der Waals surface area contributed by atoms with Crippen LogP contribution in [0.5, 0.6) is 0 Å². The van der Waals surface area contributed by atoms with Gasteiger partial charge in [0.05, 0.1) is 38.4 Å². The van der Waals surface area contributed by atoms with Crippen LogP contribution in [0.1, 0.15) is 39.6 Å². The molecular weight excluding hydrogens is 541 g/mol. The van der Waals surface area contributed by atoms with Crippen LogP contribution in [0.25, 0.3) is 16.6 Å². The number of benzene rings is 3. The molecule has 1 atom stereocenters. The minimum absolute atomic E-state index is 0.197. The topological polar surface area (TPSA) is 117 Å². The average molecular weight is 568 g/mol. The zero-order valence-corrected chi connectivity index (χ0v) is 23.2. The molecule has 0 saturated carbocycles. The number of hydrogen-bond donors (Lipinski definition) is 3. The van der Waals surface area contributed by atoms with E-state index in [4.69, 9.17) is 28.2 Å². The quantitative estimate of drug-likeness (QED) is 0.236. The summed E-state index contributed by atoms with van der Waals surface area (Å²) in [5, 5.41) is 16.3. The Morgan fingerprint density at radius 1 is 0.974 bits per heavy atom. The molecule has 4 aromatic rings. The highest BCUT2D eigenvalue weighted by Crippen LogP contribution is 2.30. The summed E-state index contributed by atoms with van der Waals surface area (Å²) in [6.07, 6.45) is -1.16. The Hall–Kier alpha value is -4.08. The summed E-state index contributed by atoms with van der Waals surface area (Å²) in [6.45, 7) is 6.97. The number of carboxylic acid groups (broad SMARTS) is 1. The number of hydrogen-bond acceptors (Lipinski definition) is 4. The Morgan fingerprint density at radius 2 is 1.64 bits per heavy atom. The molecule has 4 rings (SSSR count). The Bertz CT molecular complexity index is 1630. The summed E-state index contributed by atoms with van der Waals surface area (Å²) in [6, 6.07) is 17.0. The van der Waals surface area contributed by atoms with Crippen LogP contribution in [0.15, 0.2) is 71.5 Å². The number of urea groups is 1. The number of carbonyl (C=O) groups excluding carboxylic acids is 1. The van der Waals surface area contributed by atoms with Crippen LogP contribution in [0.2, 0.25) is 10.0 Å². The van der Waals surface area contributed by atoms with Crippen LogP contribution in [-0.4, -0.2) is 37.2 Å². The normalized spacial score (nSPS) is 12.2. The first-order valence-electron chi connectivity index (χ1n) is 12.0. The number of anilines is 2. The number of carbonyl (C=O) groups is 2. The van der Waals surface area contributed by atoms with Gasteiger partial charge >= 0.3 is 12.1 Å². The maximum absolute atomic E-state index is 13.9. The largest absolute Gasteiger partial charge is 0.465 e. The predicted octanol–water partition coefficient (Wildman–Crippen LogP) is 7.18. The van der Waals surface area contributed by atoms with Gasteiger partial charge in [-0.15, -0.1) is 0 Å². The SMILES string of the molecule is C[C@@H](c1nc2cccc(Cl)c2c(=O)n1-c1cccc(NC(=O)Nc2ccccc2Cl)c1)N(C(=O)O)C(C)(C)C. The van der Waals surface area contributed by atoms with E-state index in [-0.39, 0.29) is 16.2 Å².